The number of nitrogens with zero attached hydrogens (tertiary/aromatic N) is 1. The van der Waals surface area contributed by atoms with Crippen molar-refractivity contribution in [3.8, 4) is 23.0 Å². The van der Waals surface area contributed by atoms with Crippen LogP contribution in [0.2, 0.25) is 0 Å². The Labute approximate surface area is 122 Å². The molecule has 0 fully saturated rings. The zero-order chi connectivity index (χ0) is 15.0. The minimum absolute atomic E-state index is 0.467. The van der Waals surface area contributed by atoms with E-state index < -0.39 is 0 Å². The summed E-state index contributed by atoms with van der Waals surface area (Å²) in [6.45, 7) is 2.01. The highest BCUT2D eigenvalue weighted by atomic mass is 16.5. The van der Waals surface area contributed by atoms with E-state index in [1.165, 1.54) is 0 Å². The number of hydrogen-bond donors (Lipinski definition) is 1. The summed E-state index contributed by atoms with van der Waals surface area (Å²) in [4.78, 5) is 4.49. The van der Waals surface area contributed by atoms with Crippen molar-refractivity contribution in [3.63, 3.8) is 0 Å². The second-order valence-corrected chi connectivity index (χ2v) is 4.78. The third-order valence-corrected chi connectivity index (χ3v) is 3.33. The first-order chi connectivity index (χ1) is 10.1. The summed E-state index contributed by atoms with van der Waals surface area (Å²) in [5, 5.41) is 0. The van der Waals surface area contributed by atoms with Crippen molar-refractivity contribution in [2.75, 3.05) is 20.0 Å². The van der Waals surface area contributed by atoms with Gasteiger partial charge in [0.15, 0.2) is 17.1 Å². The summed E-state index contributed by atoms with van der Waals surface area (Å²) in [5.41, 5.74) is 9.93. The molecular weight excluding hydrogens is 268 g/mol. The first-order valence-electron chi connectivity index (χ1n) is 6.51. The van der Waals surface area contributed by atoms with Gasteiger partial charge in [0.2, 0.25) is 5.89 Å². The Kier molecular flexibility index (Phi) is 3.17. The number of ether oxygens (including phenoxy) is 2. The SMILES string of the molecule is COc1cc(N)c(-c2nc3cc(C)ccc3o2)cc1OC. The van der Waals surface area contributed by atoms with Gasteiger partial charge in [-0.15, -0.1) is 0 Å². The van der Waals surface area contributed by atoms with E-state index in [9.17, 15) is 0 Å². The molecule has 2 aromatic carbocycles. The third-order valence-electron chi connectivity index (χ3n) is 3.33. The Bertz CT molecular complexity index is 809. The van der Waals surface area contributed by atoms with Crippen molar-refractivity contribution in [1.82, 2.24) is 4.98 Å². The molecule has 1 heterocycles. The number of oxazole rings is 1. The van der Waals surface area contributed by atoms with E-state index in [1.807, 2.05) is 25.1 Å². The van der Waals surface area contributed by atoms with Crippen LogP contribution in [0.1, 0.15) is 5.56 Å². The molecule has 21 heavy (non-hydrogen) atoms. The molecule has 108 valence electrons. The molecule has 0 aliphatic rings. The number of hydrogen-bond acceptors (Lipinski definition) is 5. The summed E-state index contributed by atoms with van der Waals surface area (Å²) in [5.74, 6) is 1.62. The zero-order valence-corrected chi connectivity index (χ0v) is 12.1. The number of nitrogen functional groups attached to an aromatic ring is 1. The maximum Gasteiger partial charge on any atom is 0.229 e. The molecule has 0 saturated heterocycles. The number of benzene rings is 2. The average molecular weight is 284 g/mol. The number of aromatic nitrogens is 1. The number of aryl methyl sites for hydroxylation is 1. The zero-order valence-electron chi connectivity index (χ0n) is 12.1. The van der Waals surface area contributed by atoms with E-state index >= 15 is 0 Å². The summed E-state index contributed by atoms with van der Waals surface area (Å²) in [6.07, 6.45) is 0. The van der Waals surface area contributed by atoms with E-state index in [0.717, 1.165) is 16.7 Å². The quantitative estimate of drug-likeness (QED) is 0.746. The summed E-state index contributed by atoms with van der Waals surface area (Å²) >= 11 is 0. The average Bonchev–Trinajstić information content (AvgIpc) is 2.89. The standard InChI is InChI=1S/C16H16N2O3/c1-9-4-5-13-12(6-9)18-16(21-13)10-7-14(19-2)15(20-3)8-11(10)17/h4-8H,17H2,1-3H3. The van der Waals surface area contributed by atoms with Gasteiger partial charge >= 0.3 is 0 Å². The maximum absolute atomic E-state index is 6.07. The van der Waals surface area contributed by atoms with Crippen LogP contribution in [0.3, 0.4) is 0 Å². The number of rotatable bonds is 3. The number of anilines is 1. The van der Waals surface area contributed by atoms with Crippen molar-refractivity contribution in [2.24, 2.45) is 0 Å². The maximum atomic E-state index is 6.07. The van der Waals surface area contributed by atoms with E-state index in [4.69, 9.17) is 19.6 Å². The number of methoxy groups -OCH3 is 2. The van der Waals surface area contributed by atoms with Gasteiger partial charge in [-0.2, -0.15) is 0 Å². The molecule has 0 aliphatic heterocycles. The topological polar surface area (TPSA) is 70.5 Å². The lowest BCUT2D eigenvalue weighted by Gasteiger charge is -2.10. The predicted molar refractivity (Wildman–Crippen MR) is 81.7 cm³/mol. The highest BCUT2D eigenvalue weighted by Gasteiger charge is 2.15. The largest absolute Gasteiger partial charge is 0.493 e. The molecule has 0 spiro atoms. The lowest BCUT2D eigenvalue weighted by atomic mass is 10.1. The molecule has 0 atom stereocenters. The van der Waals surface area contributed by atoms with Crippen LogP contribution in [0.4, 0.5) is 5.69 Å². The summed E-state index contributed by atoms with van der Waals surface area (Å²) in [6, 6.07) is 9.33. The molecule has 2 N–H and O–H groups in total. The molecule has 0 aliphatic carbocycles. The van der Waals surface area contributed by atoms with Crippen LogP contribution < -0.4 is 15.2 Å². The highest BCUT2D eigenvalue weighted by Crippen LogP contribution is 2.37. The predicted octanol–water partition coefficient (Wildman–Crippen LogP) is 3.40. The Balaban J connectivity index is 2.17. The molecule has 0 amide bonds. The van der Waals surface area contributed by atoms with Crippen LogP contribution in [0.5, 0.6) is 11.5 Å². The van der Waals surface area contributed by atoms with E-state index in [-0.39, 0.29) is 0 Å². The molecule has 0 unspecified atom stereocenters. The molecule has 1 aromatic heterocycles. The molecule has 0 radical (unpaired) electrons. The Morgan fingerprint density at radius 1 is 1.05 bits per heavy atom. The smallest absolute Gasteiger partial charge is 0.229 e. The molecule has 5 nitrogen and oxygen atoms in total. The minimum atomic E-state index is 0.467. The highest BCUT2D eigenvalue weighted by molar-refractivity contribution is 5.81. The Morgan fingerprint density at radius 3 is 2.48 bits per heavy atom. The van der Waals surface area contributed by atoms with Crippen molar-refractivity contribution >= 4 is 16.8 Å². The van der Waals surface area contributed by atoms with Crippen molar-refractivity contribution in [1.29, 1.82) is 0 Å². The molecular formula is C16H16N2O3. The van der Waals surface area contributed by atoms with E-state index in [1.54, 1.807) is 26.4 Å². The molecule has 3 rings (SSSR count). The molecule has 5 heteroatoms. The second kappa shape index (κ2) is 5.01. The van der Waals surface area contributed by atoms with Crippen LogP contribution in [0.25, 0.3) is 22.6 Å². The van der Waals surface area contributed by atoms with E-state index in [0.29, 0.717) is 28.6 Å². The van der Waals surface area contributed by atoms with Crippen LogP contribution in [0, 0.1) is 6.92 Å². The first kappa shape index (κ1) is 13.3. The Morgan fingerprint density at radius 2 is 1.76 bits per heavy atom. The fourth-order valence-electron chi connectivity index (χ4n) is 2.23. The van der Waals surface area contributed by atoms with Gasteiger partial charge in [-0.05, 0) is 30.7 Å². The lowest BCUT2D eigenvalue weighted by Crippen LogP contribution is -1.96. The van der Waals surface area contributed by atoms with Gasteiger partial charge in [-0.3, -0.25) is 0 Å². The first-order valence-corrected chi connectivity index (χ1v) is 6.51. The van der Waals surface area contributed by atoms with Crippen molar-refractivity contribution in [2.45, 2.75) is 6.92 Å². The second-order valence-electron chi connectivity index (χ2n) is 4.78. The van der Waals surface area contributed by atoms with Gasteiger partial charge in [0.25, 0.3) is 0 Å². The fourth-order valence-corrected chi connectivity index (χ4v) is 2.23. The van der Waals surface area contributed by atoms with Gasteiger partial charge in [0.05, 0.1) is 19.8 Å². The molecule has 3 aromatic rings. The normalized spacial score (nSPS) is 10.8. The van der Waals surface area contributed by atoms with Gasteiger partial charge < -0.3 is 19.6 Å². The summed E-state index contributed by atoms with van der Waals surface area (Å²) in [7, 11) is 3.15. The fraction of sp³-hybridized carbons (Fsp3) is 0.188. The van der Waals surface area contributed by atoms with Crippen molar-refractivity contribution in [3.05, 3.63) is 35.9 Å². The van der Waals surface area contributed by atoms with Crippen LogP contribution in [-0.2, 0) is 0 Å². The summed E-state index contributed by atoms with van der Waals surface area (Å²) < 4.78 is 16.3. The van der Waals surface area contributed by atoms with Gasteiger partial charge in [-0.25, -0.2) is 4.98 Å². The minimum Gasteiger partial charge on any atom is -0.493 e. The number of nitrogens with two attached hydrogens (primary N) is 1. The van der Waals surface area contributed by atoms with Gasteiger partial charge in [0.1, 0.15) is 5.52 Å². The van der Waals surface area contributed by atoms with Crippen LogP contribution in [-0.4, -0.2) is 19.2 Å². The number of fused-ring (bicyclic) bond motifs is 1. The van der Waals surface area contributed by atoms with Gasteiger partial charge in [0, 0.05) is 11.8 Å². The monoisotopic (exact) mass is 284 g/mol. The van der Waals surface area contributed by atoms with E-state index in [2.05, 4.69) is 4.98 Å². The van der Waals surface area contributed by atoms with Crippen LogP contribution >= 0.6 is 0 Å². The van der Waals surface area contributed by atoms with Crippen molar-refractivity contribution < 1.29 is 13.9 Å². The molecule has 0 saturated carbocycles. The van der Waals surface area contributed by atoms with Gasteiger partial charge in [-0.1, -0.05) is 6.07 Å². The van der Waals surface area contributed by atoms with Crippen LogP contribution in [0.15, 0.2) is 34.7 Å². The lowest BCUT2D eigenvalue weighted by molar-refractivity contribution is 0.355. The molecule has 0 bridgehead atoms. The Hall–Kier alpha value is -2.69. The third kappa shape index (κ3) is 2.27.